The number of imide groups is 1. The maximum absolute atomic E-state index is 12.8. The number of hydrogen-bond acceptors (Lipinski definition) is 8. The van der Waals surface area contributed by atoms with Gasteiger partial charge >= 0.3 is 12.1 Å². The molecule has 0 saturated carbocycles. The van der Waals surface area contributed by atoms with E-state index in [0.717, 1.165) is 15.5 Å². The number of β-amino-alcohol motifs (C(OH)–C–C–N with tert-alkyl or cyclic N) is 1. The summed E-state index contributed by atoms with van der Waals surface area (Å²) in [5, 5.41) is 12.4. The Morgan fingerprint density at radius 2 is 1.87 bits per heavy atom. The maximum Gasteiger partial charge on any atom is 0.419 e. The van der Waals surface area contributed by atoms with Gasteiger partial charge in [-0.15, -0.1) is 0 Å². The van der Waals surface area contributed by atoms with E-state index < -0.39 is 29.5 Å². The van der Waals surface area contributed by atoms with E-state index in [4.69, 9.17) is 14.6 Å². The fourth-order valence-electron chi connectivity index (χ4n) is 3.10. The quantitative estimate of drug-likeness (QED) is 0.545. The van der Waals surface area contributed by atoms with E-state index in [1.165, 1.54) is 13.2 Å². The van der Waals surface area contributed by atoms with Crippen LogP contribution >= 0.6 is 0 Å². The molecular formula is C21H23N3O7. The number of aliphatic hydroxyl groups excluding tert-OH is 1. The Kier molecular flexibility index (Phi) is 5.85. The summed E-state index contributed by atoms with van der Waals surface area (Å²) in [7, 11) is 1.21. The lowest BCUT2D eigenvalue weighted by Crippen LogP contribution is -2.34. The first kappa shape index (κ1) is 22.0. The molecule has 2 aromatic rings. The number of carbonyl (C=O) groups is 4. The third-order valence-corrected chi connectivity index (χ3v) is 4.39. The number of amides is 2. The third kappa shape index (κ3) is 4.43. The van der Waals surface area contributed by atoms with Gasteiger partial charge in [0.2, 0.25) is 0 Å². The van der Waals surface area contributed by atoms with Crippen LogP contribution in [0.1, 0.15) is 31.3 Å². The predicted octanol–water partition coefficient (Wildman–Crippen LogP) is 1.87. The van der Waals surface area contributed by atoms with Crippen LogP contribution in [0.2, 0.25) is 0 Å². The van der Waals surface area contributed by atoms with Crippen molar-refractivity contribution >= 4 is 40.5 Å². The number of hydrogen-bond donors (Lipinski definition) is 2. The lowest BCUT2D eigenvalue weighted by molar-refractivity contribution is -0.137. The highest BCUT2D eigenvalue weighted by Crippen LogP contribution is 2.27. The van der Waals surface area contributed by atoms with Crippen LogP contribution in [0.25, 0.3) is 10.9 Å². The average Bonchev–Trinajstić information content (AvgIpc) is 3.19. The first-order valence-electron chi connectivity index (χ1n) is 9.48. The second-order valence-electron chi connectivity index (χ2n) is 7.81. The number of ether oxygens (including phenoxy) is 2. The molecule has 0 atom stereocenters. The van der Waals surface area contributed by atoms with Crippen molar-refractivity contribution in [3.05, 3.63) is 41.7 Å². The number of rotatable bonds is 5. The van der Waals surface area contributed by atoms with Crippen LogP contribution in [-0.4, -0.2) is 64.3 Å². The summed E-state index contributed by atoms with van der Waals surface area (Å²) in [6.07, 6.45) is 0.370. The Morgan fingerprint density at radius 1 is 1.16 bits per heavy atom. The first-order chi connectivity index (χ1) is 14.6. The number of benzene rings is 1. The zero-order chi connectivity index (χ0) is 22.9. The van der Waals surface area contributed by atoms with E-state index in [1.807, 2.05) is 0 Å². The van der Waals surface area contributed by atoms with E-state index in [1.54, 1.807) is 39.0 Å². The minimum atomic E-state index is -0.797. The predicted molar refractivity (Wildman–Crippen MR) is 110 cm³/mol. The average molecular weight is 429 g/mol. The van der Waals surface area contributed by atoms with Gasteiger partial charge in [-0.3, -0.25) is 14.5 Å². The molecule has 0 unspecified atom stereocenters. The van der Waals surface area contributed by atoms with Crippen molar-refractivity contribution < 1.29 is 33.8 Å². The number of carbonyl (C=O) groups excluding carboxylic acids is 4. The van der Waals surface area contributed by atoms with Crippen molar-refractivity contribution in [1.29, 1.82) is 0 Å². The molecule has 31 heavy (non-hydrogen) atoms. The summed E-state index contributed by atoms with van der Waals surface area (Å²) in [5.41, 5.74) is -0.0193. The molecule has 0 saturated heterocycles. The monoisotopic (exact) mass is 429 g/mol. The molecule has 0 spiro atoms. The molecule has 2 amide bonds. The molecule has 1 aliphatic rings. The van der Waals surface area contributed by atoms with E-state index in [9.17, 15) is 19.2 Å². The molecule has 0 radical (unpaired) electrons. The molecular weight excluding hydrogens is 406 g/mol. The molecule has 10 heteroatoms. The van der Waals surface area contributed by atoms with Crippen LogP contribution in [0, 0.1) is 0 Å². The summed E-state index contributed by atoms with van der Waals surface area (Å²) in [4.78, 5) is 50.3. The van der Waals surface area contributed by atoms with E-state index in [2.05, 4.69) is 5.32 Å². The number of aliphatic hydroxyl groups is 1. The zero-order valence-corrected chi connectivity index (χ0v) is 17.6. The largest absolute Gasteiger partial charge is 0.464 e. The smallest absolute Gasteiger partial charge is 0.419 e. The fourth-order valence-corrected chi connectivity index (χ4v) is 3.10. The maximum atomic E-state index is 12.8. The van der Waals surface area contributed by atoms with Crippen LogP contribution in [0.3, 0.4) is 0 Å². The molecule has 164 valence electrons. The number of anilines is 1. The number of nitrogens with one attached hydrogen (secondary N) is 1. The van der Waals surface area contributed by atoms with Crippen molar-refractivity contribution in [3.63, 3.8) is 0 Å². The van der Waals surface area contributed by atoms with Crippen LogP contribution in [0.15, 0.2) is 36.0 Å². The Hall–Kier alpha value is -3.66. The Labute approximate surface area is 178 Å². The standard InChI is InChI=1S/C21H23N3O7/c1-21(2,3)31-20(29)24-15-10-13(6-5-12(15)9-16(24)19(28)30-4)22-14-11-17(26)23(7-8-25)18(14)27/h5-6,9-11,22,25H,7-8H2,1-4H3. The lowest BCUT2D eigenvalue weighted by atomic mass is 10.2. The number of aromatic nitrogens is 1. The topological polar surface area (TPSA) is 127 Å². The molecule has 0 bridgehead atoms. The summed E-state index contributed by atoms with van der Waals surface area (Å²) >= 11 is 0. The minimum absolute atomic E-state index is 0.00985. The van der Waals surface area contributed by atoms with Gasteiger partial charge < -0.3 is 19.9 Å². The van der Waals surface area contributed by atoms with Gasteiger partial charge in [0.1, 0.15) is 17.0 Å². The molecule has 1 aromatic carbocycles. The third-order valence-electron chi connectivity index (χ3n) is 4.39. The summed E-state index contributed by atoms with van der Waals surface area (Å²) in [6.45, 7) is 4.66. The van der Waals surface area contributed by atoms with Crippen molar-refractivity contribution in [2.45, 2.75) is 26.4 Å². The second-order valence-corrected chi connectivity index (χ2v) is 7.81. The van der Waals surface area contributed by atoms with E-state index in [-0.39, 0.29) is 24.5 Å². The minimum Gasteiger partial charge on any atom is -0.464 e. The Morgan fingerprint density at radius 3 is 2.48 bits per heavy atom. The second kappa shape index (κ2) is 8.23. The SMILES string of the molecule is COC(=O)c1cc2ccc(NC3=CC(=O)N(CCO)C3=O)cc2n1C(=O)OC(C)(C)C. The van der Waals surface area contributed by atoms with E-state index in [0.29, 0.717) is 16.6 Å². The molecule has 0 fully saturated rings. The van der Waals surface area contributed by atoms with Gasteiger partial charge in [0.15, 0.2) is 0 Å². The van der Waals surface area contributed by atoms with Crippen molar-refractivity contribution in [2.24, 2.45) is 0 Å². The highest BCUT2D eigenvalue weighted by atomic mass is 16.6. The van der Waals surface area contributed by atoms with Crippen molar-refractivity contribution in [2.75, 3.05) is 25.6 Å². The molecule has 0 aliphatic carbocycles. The van der Waals surface area contributed by atoms with E-state index >= 15 is 0 Å². The molecule has 1 aromatic heterocycles. The number of nitrogens with zero attached hydrogens (tertiary/aromatic N) is 2. The van der Waals surface area contributed by atoms with Gasteiger partial charge in [0.25, 0.3) is 11.8 Å². The number of fused-ring (bicyclic) bond motifs is 1. The summed E-state index contributed by atoms with van der Waals surface area (Å²) < 4.78 is 11.3. The van der Waals surface area contributed by atoms with Gasteiger partial charge in [-0.25, -0.2) is 14.2 Å². The van der Waals surface area contributed by atoms with Gasteiger partial charge in [0.05, 0.1) is 25.8 Å². The highest BCUT2D eigenvalue weighted by molar-refractivity contribution is 6.17. The zero-order valence-electron chi connectivity index (χ0n) is 17.6. The van der Waals surface area contributed by atoms with Gasteiger partial charge in [-0.2, -0.15) is 0 Å². The first-order valence-corrected chi connectivity index (χ1v) is 9.48. The van der Waals surface area contributed by atoms with Crippen LogP contribution in [-0.2, 0) is 19.1 Å². The molecule has 3 rings (SSSR count). The number of esters is 1. The molecule has 2 N–H and O–H groups in total. The summed E-state index contributed by atoms with van der Waals surface area (Å²) in [6, 6.07) is 6.34. The molecule has 2 heterocycles. The van der Waals surface area contributed by atoms with Gasteiger partial charge in [0, 0.05) is 17.1 Å². The van der Waals surface area contributed by atoms with Gasteiger partial charge in [-0.1, -0.05) is 6.07 Å². The normalized spacial score (nSPS) is 14.1. The number of methoxy groups -OCH3 is 1. The van der Waals surface area contributed by atoms with Crippen molar-refractivity contribution in [3.8, 4) is 0 Å². The van der Waals surface area contributed by atoms with Crippen LogP contribution in [0.5, 0.6) is 0 Å². The van der Waals surface area contributed by atoms with Crippen LogP contribution < -0.4 is 5.32 Å². The van der Waals surface area contributed by atoms with Crippen LogP contribution in [0.4, 0.5) is 10.5 Å². The Bertz CT molecular complexity index is 1110. The highest BCUT2D eigenvalue weighted by Gasteiger charge is 2.31. The molecule has 1 aliphatic heterocycles. The molecule has 10 nitrogen and oxygen atoms in total. The van der Waals surface area contributed by atoms with Gasteiger partial charge in [-0.05, 0) is 39.0 Å². The Balaban J connectivity index is 2.01. The lowest BCUT2D eigenvalue weighted by Gasteiger charge is -2.20. The fraction of sp³-hybridized carbons (Fsp3) is 0.333. The summed E-state index contributed by atoms with van der Waals surface area (Å²) in [5.74, 6) is -1.82. The van der Waals surface area contributed by atoms with Crippen molar-refractivity contribution in [1.82, 2.24) is 9.47 Å².